The first-order chi connectivity index (χ1) is 8.74. The van der Waals surface area contributed by atoms with Crippen LogP contribution in [0.4, 0.5) is 0 Å². The fourth-order valence-electron chi connectivity index (χ4n) is 1.76. The minimum atomic E-state index is 0.0241. The number of pyridine rings is 1. The lowest BCUT2D eigenvalue weighted by molar-refractivity contribution is 0.554. The second kappa shape index (κ2) is 6.33. The molecule has 0 aromatic carbocycles. The van der Waals surface area contributed by atoms with Crippen molar-refractivity contribution in [2.75, 3.05) is 0 Å². The van der Waals surface area contributed by atoms with E-state index in [4.69, 9.17) is 5.84 Å². The summed E-state index contributed by atoms with van der Waals surface area (Å²) in [6.07, 6.45) is 5.23. The van der Waals surface area contributed by atoms with Gasteiger partial charge in [0.15, 0.2) is 0 Å². The Morgan fingerprint density at radius 1 is 1.50 bits per heavy atom. The number of nitrogens with one attached hydrogen (secondary N) is 1. The van der Waals surface area contributed by atoms with E-state index >= 15 is 0 Å². The molecule has 3 N–H and O–H groups in total. The van der Waals surface area contributed by atoms with Gasteiger partial charge in [0.25, 0.3) is 0 Å². The molecular formula is C11H14BrN5S. The van der Waals surface area contributed by atoms with Gasteiger partial charge in [-0.25, -0.2) is 0 Å². The van der Waals surface area contributed by atoms with Crippen LogP contribution in [-0.4, -0.2) is 14.6 Å². The fraction of sp³-hybridized carbons (Fsp3) is 0.364. The maximum atomic E-state index is 5.64. The molecule has 0 aliphatic heterocycles. The molecule has 2 heterocycles. The van der Waals surface area contributed by atoms with Crippen LogP contribution >= 0.6 is 27.5 Å². The Labute approximate surface area is 118 Å². The van der Waals surface area contributed by atoms with E-state index in [1.165, 1.54) is 11.5 Å². The molecule has 0 fully saturated rings. The third kappa shape index (κ3) is 3.11. The smallest absolute Gasteiger partial charge is 0.0801 e. The Morgan fingerprint density at radius 3 is 3.00 bits per heavy atom. The van der Waals surface area contributed by atoms with Crippen molar-refractivity contribution in [1.29, 1.82) is 0 Å². The fourth-order valence-corrected chi connectivity index (χ4v) is 2.96. The molecule has 5 nitrogen and oxygen atoms in total. The van der Waals surface area contributed by atoms with E-state index in [1.807, 2.05) is 12.3 Å². The zero-order chi connectivity index (χ0) is 13.0. The van der Waals surface area contributed by atoms with Crippen LogP contribution in [0.2, 0.25) is 0 Å². The van der Waals surface area contributed by atoms with Crippen LogP contribution in [0.1, 0.15) is 29.1 Å². The zero-order valence-corrected chi connectivity index (χ0v) is 12.3. The standard InChI is InChI=1S/C11H14BrN5S/c1-2-9-11(18-17-16-9)10(15-13)4-7-3-8(12)6-14-5-7/h3,5-6,10,15H,2,4,13H2,1H3. The molecule has 1 atom stereocenters. The maximum absolute atomic E-state index is 5.64. The topological polar surface area (TPSA) is 76.7 Å². The SMILES string of the molecule is CCc1nnsc1C(Cc1cncc(Br)c1)NN. The Morgan fingerprint density at radius 2 is 2.33 bits per heavy atom. The van der Waals surface area contributed by atoms with Gasteiger partial charge in [-0.05, 0) is 51.9 Å². The molecular weight excluding hydrogens is 314 g/mol. The van der Waals surface area contributed by atoms with Crippen molar-refractivity contribution in [3.63, 3.8) is 0 Å². The van der Waals surface area contributed by atoms with Crippen molar-refractivity contribution in [3.05, 3.63) is 39.1 Å². The highest BCUT2D eigenvalue weighted by Gasteiger charge is 2.18. The van der Waals surface area contributed by atoms with E-state index in [0.717, 1.165) is 33.4 Å². The monoisotopic (exact) mass is 327 g/mol. The van der Waals surface area contributed by atoms with Gasteiger partial charge in [-0.1, -0.05) is 11.4 Å². The van der Waals surface area contributed by atoms with E-state index in [2.05, 4.69) is 42.9 Å². The summed E-state index contributed by atoms with van der Waals surface area (Å²) in [4.78, 5) is 5.25. The summed E-state index contributed by atoms with van der Waals surface area (Å²) in [6, 6.07) is 2.06. The molecule has 18 heavy (non-hydrogen) atoms. The average molecular weight is 328 g/mol. The number of aromatic nitrogens is 3. The van der Waals surface area contributed by atoms with E-state index < -0.39 is 0 Å². The van der Waals surface area contributed by atoms with Gasteiger partial charge in [0.2, 0.25) is 0 Å². The Bertz CT molecular complexity index is 516. The molecule has 96 valence electrons. The molecule has 0 spiro atoms. The summed E-state index contributed by atoms with van der Waals surface area (Å²) >= 11 is 4.81. The van der Waals surface area contributed by atoms with E-state index in [1.54, 1.807) is 6.20 Å². The summed E-state index contributed by atoms with van der Waals surface area (Å²) in [7, 11) is 0. The summed E-state index contributed by atoms with van der Waals surface area (Å²) in [5.74, 6) is 5.64. The Kier molecular flexibility index (Phi) is 4.76. The van der Waals surface area contributed by atoms with Gasteiger partial charge in [0.1, 0.15) is 0 Å². The molecule has 2 aromatic heterocycles. The van der Waals surface area contributed by atoms with Gasteiger partial charge in [0, 0.05) is 16.9 Å². The molecule has 7 heteroatoms. The first kappa shape index (κ1) is 13.5. The molecule has 2 aromatic rings. The highest BCUT2D eigenvalue weighted by atomic mass is 79.9. The van der Waals surface area contributed by atoms with Crippen LogP contribution < -0.4 is 11.3 Å². The summed E-state index contributed by atoms with van der Waals surface area (Å²) in [5, 5.41) is 4.11. The van der Waals surface area contributed by atoms with Gasteiger partial charge in [0.05, 0.1) is 16.6 Å². The maximum Gasteiger partial charge on any atom is 0.0801 e. The molecule has 0 saturated heterocycles. The van der Waals surface area contributed by atoms with Gasteiger partial charge in [-0.2, -0.15) is 0 Å². The number of hydrazine groups is 1. The minimum Gasteiger partial charge on any atom is -0.271 e. The lowest BCUT2D eigenvalue weighted by Gasteiger charge is -2.14. The minimum absolute atomic E-state index is 0.0241. The number of nitrogens with zero attached hydrogens (tertiary/aromatic N) is 3. The Balaban J connectivity index is 2.20. The summed E-state index contributed by atoms with van der Waals surface area (Å²) in [6.45, 7) is 2.06. The van der Waals surface area contributed by atoms with E-state index in [9.17, 15) is 0 Å². The van der Waals surface area contributed by atoms with Crippen LogP contribution in [-0.2, 0) is 12.8 Å². The van der Waals surface area contributed by atoms with Crippen LogP contribution in [0, 0.1) is 0 Å². The van der Waals surface area contributed by atoms with Crippen LogP contribution in [0.15, 0.2) is 22.9 Å². The highest BCUT2D eigenvalue weighted by Crippen LogP contribution is 2.24. The lowest BCUT2D eigenvalue weighted by Crippen LogP contribution is -2.29. The number of aryl methyl sites for hydroxylation is 1. The number of hydrogen-bond acceptors (Lipinski definition) is 6. The first-order valence-corrected chi connectivity index (χ1v) is 7.18. The molecule has 0 aliphatic carbocycles. The second-order valence-corrected chi connectivity index (χ2v) is 5.57. The predicted octanol–water partition coefficient (Wildman–Crippen LogP) is 2.01. The molecule has 0 aliphatic rings. The van der Waals surface area contributed by atoms with E-state index in [0.29, 0.717) is 0 Å². The molecule has 0 amide bonds. The van der Waals surface area contributed by atoms with Crippen molar-refractivity contribution in [3.8, 4) is 0 Å². The normalized spacial score (nSPS) is 12.6. The number of hydrogen-bond donors (Lipinski definition) is 2. The third-order valence-electron chi connectivity index (χ3n) is 2.64. The highest BCUT2D eigenvalue weighted by molar-refractivity contribution is 9.10. The van der Waals surface area contributed by atoms with Crippen LogP contribution in [0.25, 0.3) is 0 Å². The summed E-state index contributed by atoms with van der Waals surface area (Å²) in [5.41, 5.74) is 4.95. The predicted molar refractivity (Wildman–Crippen MR) is 75.0 cm³/mol. The lowest BCUT2D eigenvalue weighted by atomic mass is 10.1. The number of rotatable bonds is 5. The number of nitrogens with two attached hydrogens (primary N) is 1. The van der Waals surface area contributed by atoms with Crippen molar-refractivity contribution < 1.29 is 0 Å². The van der Waals surface area contributed by atoms with Gasteiger partial charge in [-0.3, -0.25) is 16.3 Å². The van der Waals surface area contributed by atoms with Crippen LogP contribution in [0.3, 0.4) is 0 Å². The largest absolute Gasteiger partial charge is 0.271 e. The quantitative estimate of drug-likeness (QED) is 0.648. The van der Waals surface area contributed by atoms with Crippen LogP contribution in [0.5, 0.6) is 0 Å². The molecule has 2 rings (SSSR count). The molecule has 0 bridgehead atoms. The average Bonchev–Trinajstić information content (AvgIpc) is 2.84. The summed E-state index contributed by atoms with van der Waals surface area (Å²) < 4.78 is 4.96. The van der Waals surface area contributed by atoms with Gasteiger partial charge in [-0.15, -0.1) is 5.10 Å². The third-order valence-corrected chi connectivity index (χ3v) is 3.95. The second-order valence-electron chi connectivity index (χ2n) is 3.87. The molecule has 1 unspecified atom stereocenters. The number of halogens is 1. The van der Waals surface area contributed by atoms with E-state index in [-0.39, 0.29) is 6.04 Å². The van der Waals surface area contributed by atoms with Crippen molar-refractivity contribution in [1.82, 2.24) is 20.0 Å². The first-order valence-electron chi connectivity index (χ1n) is 5.61. The van der Waals surface area contributed by atoms with Crippen molar-refractivity contribution in [2.24, 2.45) is 5.84 Å². The molecule has 0 radical (unpaired) electrons. The Hall–Kier alpha value is -0.890. The zero-order valence-electron chi connectivity index (χ0n) is 9.93. The van der Waals surface area contributed by atoms with Gasteiger partial charge < -0.3 is 0 Å². The molecule has 0 saturated carbocycles. The van der Waals surface area contributed by atoms with Crippen molar-refractivity contribution in [2.45, 2.75) is 25.8 Å². The van der Waals surface area contributed by atoms with Crippen molar-refractivity contribution >= 4 is 27.5 Å². The van der Waals surface area contributed by atoms with Gasteiger partial charge >= 0.3 is 0 Å².